The molecule has 3 N–H and O–H groups in total. The minimum atomic E-state index is -0.00328. The zero-order valence-corrected chi connectivity index (χ0v) is 10.3. The second-order valence-corrected chi connectivity index (χ2v) is 4.31. The number of nitrogens with one attached hydrogen (secondary N) is 1. The molecule has 1 aliphatic rings. The van der Waals surface area contributed by atoms with Crippen LogP contribution < -0.4 is 11.1 Å². The number of nitrogens with two attached hydrogens (primary N) is 1. The highest BCUT2D eigenvalue weighted by Crippen LogP contribution is 2.33. The SMILES string of the molecule is CC(=O)c1ccc2c(c1)N=C(N)c1cccnc1N2. The molecule has 5 nitrogen and oxygen atoms in total. The van der Waals surface area contributed by atoms with Crippen LogP contribution in [-0.4, -0.2) is 16.6 Å². The maximum Gasteiger partial charge on any atom is 0.159 e. The van der Waals surface area contributed by atoms with Crippen molar-refractivity contribution in [3.8, 4) is 0 Å². The normalized spacial score (nSPS) is 12.6. The number of rotatable bonds is 1. The molecule has 19 heavy (non-hydrogen) atoms. The predicted molar refractivity (Wildman–Crippen MR) is 74.4 cm³/mol. The number of nitrogens with zero attached hydrogens (tertiary/aromatic N) is 2. The van der Waals surface area contributed by atoms with Gasteiger partial charge in [0.05, 0.1) is 16.9 Å². The van der Waals surface area contributed by atoms with Crippen LogP contribution in [0.2, 0.25) is 0 Å². The van der Waals surface area contributed by atoms with E-state index in [1.54, 1.807) is 24.4 Å². The lowest BCUT2D eigenvalue weighted by Crippen LogP contribution is -2.13. The first-order valence-corrected chi connectivity index (χ1v) is 5.87. The Morgan fingerprint density at radius 2 is 2.16 bits per heavy atom. The van der Waals surface area contributed by atoms with Crippen molar-refractivity contribution in [3.05, 3.63) is 47.7 Å². The number of anilines is 2. The average Bonchev–Trinajstić information content (AvgIpc) is 2.54. The molecule has 0 spiro atoms. The van der Waals surface area contributed by atoms with Crippen molar-refractivity contribution in [2.75, 3.05) is 5.32 Å². The summed E-state index contributed by atoms with van der Waals surface area (Å²) in [6, 6.07) is 8.95. The molecule has 0 radical (unpaired) electrons. The van der Waals surface area contributed by atoms with Crippen molar-refractivity contribution in [2.45, 2.75) is 6.92 Å². The van der Waals surface area contributed by atoms with Crippen LogP contribution in [0.4, 0.5) is 17.2 Å². The minimum Gasteiger partial charge on any atom is -0.383 e. The second-order valence-electron chi connectivity index (χ2n) is 4.31. The van der Waals surface area contributed by atoms with Crippen LogP contribution in [0.1, 0.15) is 22.8 Å². The van der Waals surface area contributed by atoms with Crippen LogP contribution in [0.3, 0.4) is 0 Å². The molecule has 0 saturated carbocycles. The van der Waals surface area contributed by atoms with Gasteiger partial charge >= 0.3 is 0 Å². The summed E-state index contributed by atoms with van der Waals surface area (Å²) < 4.78 is 0. The number of carbonyl (C=O) groups excluding carboxylic acids is 1. The molecule has 0 bridgehead atoms. The number of aromatic nitrogens is 1. The van der Waals surface area contributed by atoms with E-state index in [1.807, 2.05) is 12.1 Å². The number of hydrogen-bond acceptors (Lipinski definition) is 5. The van der Waals surface area contributed by atoms with Gasteiger partial charge in [0, 0.05) is 11.8 Å². The largest absolute Gasteiger partial charge is 0.383 e. The standard InChI is InChI=1S/C14H12N4O/c1-8(19)9-4-5-11-12(7-9)17-13(15)10-3-2-6-16-14(10)18-11/h2-7H,1H3,(H2,15,17)(H,16,18). The van der Waals surface area contributed by atoms with Gasteiger partial charge in [0.1, 0.15) is 11.7 Å². The average molecular weight is 252 g/mol. The molecule has 1 aromatic heterocycles. The van der Waals surface area contributed by atoms with Crippen molar-refractivity contribution in [1.82, 2.24) is 4.98 Å². The Labute approximate surface area is 110 Å². The summed E-state index contributed by atoms with van der Waals surface area (Å²) in [5.74, 6) is 1.05. The Hall–Kier alpha value is -2.69. The van der Waals surface area contributed by atoms with Gasteiger partial charge in [-0.25, -0.2) is 9.98 Å². The lowest BCUT2D eigenvalue weighted by molar-refractivity contribution is 0.101. The maximum atomic E-state index is 11.4. The number of hydrogen-bond donors (Lipinski definition) is 2. The summed E-state index contributed by atoms with van der Waals surface area (Å²) in [6.07, 6.45) is 1.69. The molecule has 0 amide bonds. The van der Waals surface area contributed by atoms with Gasteiger partial charge in [-0.3, -0.25) is 4.79 Å². The summed E-state index contributed by atoms with van der Waals surface area (Å²) in [5.41, 5.74) is 8.76. The Balaban J connectivity index is 2.19. The number of pyridine rings is 1. The molecular weight excluding hydrogens is 240 g/mol. The third kappa shape index (κ3) is 1.95. The van der Waals surface area contributed by atoms with Crippen LogP contribution in [0, 0.1) is 0 Å². The van der Waals surface area contributed by atoms with Crippen molar-refractivity contribution in [1.29, 1.82) is 0 Å². The molecule has 94 valence electrons. The monoisotopic (exact) mass is 252 g/mol. The first-order valence-electron chi connectivity index (χ1n) is 5.87. The quantitative estimate of drug-likeness (QED) is 0.763. The third-order valence-electron chi connectivity index (χ3n) is 2.98. The summed E-state index contributed by atoms with van der Waals surface area (Å²) >= 11 is 0. The van der Waals surface area contributed by atoms with Crippen LogP contribution in [0.15, 0.2) is 41.5 Å². The number of ketones is 1. The third-order valence-corrected chi connectivity index (χ3v) is 2.98. The van der Waals surface area contributed by atoms with Gasteiger partial charge < -0.3 is 11.1 Å². The number of carbonyl (C=O) groups is 1. The maximum absolute atomic E-state index is 11.4. The van der Waals surface area contributed by atoms with E-state index in [4.69, 9.17) is 5.73 Å². The highest BCUT2D eigenvalue weighted by atomic mass is 16.1. The van der Waals surface area contributed by atoms with Crippen LogP contribution in [0.25, 0.3) is 0 Å². The Morgan fingerprint density at radius 3 is 2.95 bits per heavy atom. The van der Waals surface area contributed by atoms with Gasteiger partial charge in [-0.15, -0.1) is 0 Å². The van der Waals surface area contributed by atoms with Gasteiger partial charge in [0.15, 0.2) is 5.78 Å². The van der Waals surface area contributed by atoms with E-state index in [0.717, 1.165) is 11.3 Å². The van der Waals surface area contributed by atoms with Crippen molar-refractivity contribution in [3.63, 3.8) is 0 Å². The van der Waals surface area contributed by atoms with E-state index < -0.39 is 0 Å². The predicted octanol–water partition coefficient (Wildman–Crippen LogP) is 2.38. The van der Waals surface area contributed by atoms with Crippen molar-refractivity contribution in [2.24, 2.45) is 10.7 Å². The molecule has 0 unspecified atom stereocenters. The topological polar surface area (TPSA) is 80.4 Å². The fourth-order valence-electron chi connectivity index (χ4n) is 1.98. The van der Waals surface area contributed by atoms with E-state index in [2.05, 4.69) is 15.3 Å². The van der Waals surface area contributed by atoms with Crippen molar-refractivity contribution >= 4 is 28.8 Å². The van der Waals surface area contributed by atoms with Crippen LogP contribution in [-0.2, 0) is 0 Å². The smallest absolute Gasteiger partial charge is 0.159 e. The van der Waals surface area contributed by atoms with Gasteiger partial charge in [0.25, 0.3) is 0 Å². The fraction of sp³-hybridized carbons (Fsp3) is 0.0714. The number of amidine groups is 1. The van der Waals surface area contributed by atoms with Gasteiger partial charge in [-0.2, -0.15) is 0 Å². The first-order chi connectivity index (χ1) is 9.15. The highest BCUT2D eigenvalue weighted by Gasteiger charge is 2.15. The van der Waals surface area contributed by atoms with Gasteiger partial charge in [-0.1, -0.05) is 0 Å². The Bertz CT molecular complexity index is 706. The number of fused-ring (bicyclic) bond motifs is 2. The number of Topliss-reactive ketones (excluding diaryl/α,β-unsaturated/α-hetero) is 1. The molecule has 3 rings (SSSR count). The second kappa shape index (κ2) is 4.20. The number of benzene rings is 1. The molecular formula is C14H12N4O. The summed E-state index contributed by atoms with van der Waals surface area (Å²) in [6.45, 7) is 1.52. The molecule has 0 atom stereocenters. The molecule has 2 heterocycles. The molecule has 2 aromatic rings. The zero-order valence-electron chi connectivity index (χ0n) is 10.3. The summed E-state index contributed by atoms with van der Waals surface area (Å²) in [7, 11) is 0. The minimum absolute atomic E-state index is 0.00328. The highest BCUT2D eigenvalue weighted by molar-refractivity contribution is 6.06. The number of aliphatic imine (C=N–C) groups is 1. The van der Waals surface area contributed by atoms with Crippen molar-refractivity contribution < 1.29 is 4.79 Å². The summed E-state index contributed by atoms with van der Waals surface area (Å²) in [5, 5.41) is 3.18. The molecule has 5 heteroatoms. The van der Waals surface area contributed by atoms with E-state index in [0.29, 0.717) is 22.9 Å². The zero-order chi connectivity index (χ0) is 13.4. The first kappa shape index (κ1) is 11.4. The van der Waals surface area contributed by atoms with E-state index >= 15 is 0 Å². The van der Waals surface area contributed by atoms with Crippen LogP contribution >= 0.6 is 0 Å². The molecule has 0 fully saturated rings. The lowest BCUT2D eigenvalue weighted by Gasteiger charge is -2.08. The van der Waals surface area contributed by atoms with E-state index in [1.165, 1.54) is 6.92 Å². The molecule has 0 saturated heterocycles. The summed E-state index contributed by atoms with van der Waals surface area (Å²) in [4.78, 5) is 20.0. The van der Waals surface area contributed by atoms with E-state index in [9.17, 15) is 4.79 Å². The Morgan fingerprint density at radius 1 is 1.32 bits per heavy atom. The Kier molecular flexibility index (Phi) is 2.52. The fourth-order valence-corrected chi connectivity index (χ4v) is 1.98. The van der Waals surface area contributed by atoms with E-state index in [-0.39, 0.29) is 5.78 Å². The lowest BCUT2D eigenvalue weighted by atomic mass is 10.1. The van der Waals surface area contributed by atoms with Gasteiger partial charge in [-0.05, 0) is 37.3 Å². The molecule has 1 aromatic carbocycles. The van der Waals surface area contributed by atoms with Crippen LogP contribution in [0.5, 0.6) is 0 Å². The van der Waals surface area contributed by atoms with Gasteiger partial charge in [0.2, 0.25) is 0 Å². The molecule has 1 aliphatic heterocycles. The molecule has 0 aliphatic carbocycles.